The van der Waals surface area contributed by atoms with Crippen LogP contribution in [-0.2, 0) is 9.59 Å². The maximum Gasteiger partial charge on any atom is 0.265 e. The maximum atomic E-state index is 12.6. The van der Waals surface area contributed by atoms with E-state index in [4.69, 9.17) is 4.74 Å². The normalized spacial score (nSPS) is 14.9. The van der Waals surface area contributed by atoms with Crippen molar-refractivity contribution in [2.45, 2.75) is 46.1 Å². The Morgan fingerprint density at radius 1 is 1.15 bits per heavy atom. The Kier molecular flexibility index (Phi) is 5.79. The third-order valence-corrected chi connectivity index (χ3v) is 4.66. The van der Waals surface area contributed by atoms with Gasteiger partial charge in [0.1, 0.15) is 5.75 Å². The number of nitrogens with zero attached hydrogens (tertiary/aromatic N) is 1. The van der Waals surface area contributed by atoms with E-state index in [0.717, 1.165) is 29.8 Å². The molecule has 3 rings (SSSR count). The zero-order valence-corrected chi connectivity index (χ0v) is 16.1. The predicted octanol–water partition coefficient (Wildman–Crippen LogP) is 4.23. The van der Waals surface area contributed by atoms with Crippen LogP contribution >= 0.6 is 0 Å². The molecule has 1 fully saturated rings. The van der Waals surface area contributed by atoms with Crippen LogP contribution in [0.4, 0.5) is 11.4 Å². The number of carbonyl (C=O) groups excluding carboxylic acids is 2. The van der Waals surface area contributed by atoms with Crippen LogP contribution in [0.1, 0.15) is 37.3 Å². The van der Waals surface area contributed by atoms with E-state index in [1.165, 1.54) is 0 Å². The fraction of sp³-hybridized carbons (Fsp3) is 0.364. The van der Waals surface area contributed by atoms with Gasteiger partial charge in [0.15, 0.2) is 6.10 Å². The summed E-state index contributed by atoms with van der Waals surface area (Å²) in [6, 6.07) is 13.3. The van der Waals surface area contributed by atoms with Crippen LogP contribution < -0.4 is 15.0 Å². The minimum absolute atomic E-state index is 0.152. The van der Waals surface area contributed by atoms with Crippen molar-refractivity contribution in [2.75, 3.05) is 16.8 Å². The van der Waals surface area contributed by atoms with Gasteiger partial charge >= 0.3 is 0 Å². The smallest absolute Gasteiger partial charge is 0.265 e. The largest absolute Gasteiger partial charge is 0.481 e. The average molecular weight is 366 g/mol. The van der Waals surface area contributed by atoms with Gasteiger partial charge in [-0.15, -0.1) is 0 Å². The number of carbonyl (C=O) groups is 2. The van der Waals surface area contributed by atoms with Gasteiger partial charge in [0.25, 0.3) is 5.91 Å². The third-order valence-electron chi connectivity index (χ3n) is 4.66. The second kappa shape index (κ2) is 8.25. The molecule has 0 radical (unpaired) electrons. The Morgan fingerprint density at radius 2 is 1.81 bits per heavy atom. The van der Waals surface area contributed by atoms with E-state index in [0.29, 0.717) is 24.3 Å². The van der Waals surface area contributed by atoms with E-state index in [-0.39, 0.29) is 11.8 Å². The summed E-state index contributed by atoms with van der Waals surface area (Å²) in [5.74, 6) is 0.679. The lowest BCUT2D eigenvalue weighted by atomic mass is 10.1. The lowest BCUT2D eigenvalue weighted by Crippen LogP contribution is -2.32. The molecule has 0 bridgehead atoms. The monoisotopic (exact) mass is 366 g/mol. The Morgan fingerprint density at radius 3 is 2.37 bits per heavy atom. The number of hydrogen-bond acceptors (Lipinski definition) is 3. The second-order valence-corrected chi connectivity index (χ2v) is 7.02. The first-order chi connectivity index (χ1) is 13.0. The summed E-state index contributed by atoms with van der Waals surface area (Å²) in [5.41, 5.74) is 3.77. The molecule has 1 N–H and O–H groups in total. The summed E-state index contributed by atoms with van der Waals surface area (Å²) < 4.78 is 5.91. The molecule has 2 aromatic carbocycles. The first-order valence-electron chi connectivity index (χ1n) is 9.42. The molecular weight excluding hydrogens is 340 g/mol. The fourth-order valence-electron chi connectivity index (χ4n) is 3.36. The molecule has 2 aromatic rings. The SMILES string of the molecule is CC[C@H](Oc1cc(C)cc(C)c1)C(=O)Nc1ccc(N2CCCC2=O)cc1. The van der Waals surface area contributed by atoms with Crippen LogP contribution in [0.5, 0.6) is 5.75 Å². The minimum Gasteiger partial charge on any atom is -0.481 e. The number of benzene rings is 2. The number of hydrogen-bond donors (Lipinski definition) is 1. The van der Waals surface area contributed by atoms with E-state index in [1.54, 1.807) is 4.90 Å². The van der Waals surface area contributed by atoms with Gasteiger partial charge in [-0.2, -0.15) is 0 Å². The lowest BCUT2D eigenvalue weighted by Gasteiger charge is -2.19. The predicted molar refractivity (Wildman–Crippen MR) is 107 cm³/mol. The number of nitrogens with one attached hydrogen (secondary N) is 1. The highest BCUT2D eigenvalue weighted by atomic mass is 16.5. The van der Waals surface area contributed by atoms with Gasteiger partial charge < -0.3 is 15.0 Å². The van der Waals surface area contributed by atoms with Gasteiger partial charge in [-0.05, 0) is 74.2 Å². The van der Waals surface area contributed by atoms with Gasteiger partial charge in [-0.1, -0.05) is 13.0 Å². The molecule has 1 saturated heterocycles. The number of amides is 2. The molecule has 1 heterocycles. The summed E-state index contributed by atoms with van der Waals surface area (Å²) in [6.07, 6.45) is 1.50. The standard InChI is InChI=1S/C22H26N2O3/c1-4-20(27-19-13-15(2)12-16(3)14-19)22(26)23-17-7-9-18(10-8-17)24-11-5-6-21(24)25/h7-10,12-14,20H,4-6,11H2,1-3H3,(H,23,26)/t20-/m0/s1. The third kappa shape index (κ3) is 4.67. The van der Waals surface area contributed by atoms with Crippen LogP contribution in [0.25, 0.3) is 0 Å². The maximum absolute atomic E-state index is 12.6. The first-order valence-corrected chi connectivity index (χ1v) is 9.42. The van der Waals surface area contributed by atoms with Gasteiger partial charge in [0.2, 0.25) is 5.91 Å². The van der Waals surface area contributed by atoms with E-state index < -0.39 is 6.10 Å². The van der Waals surface area contributed by atoms with Crippen LogP contribution in [-0.4, -0.2) is 24.5 Å². The molecule has 2 amide bonds. The quantitative estimate of drug-likeness (QED) is 0.832. The van der Waals surface area contributed by atoms with Crippen molar-refractivity contribution in [2.24, 2.45) is 0 Å². The summed E-state index contributed by atoms with van der Waals surface area (Å²) in [4.78, 5) is 26.2. The molecule has 0 unspecified atom stereocenters. The Balaban J connectivity index is 1.64. The molecule has 0 spiro atoms. The Hall–Kier alpha value is -2.82. The summed E-state index contributed by atoms with van der Waals surface area (Å²) >= 11 is 0. The zero-order chi connectivity index (χ0) is 19.4. The van der Waals surface area contributed by atoms with E-state index in [1.807, 2.05) is 57.2 Å². The van der Waals surface area contributed by atoms with Crippen LogP contribution in [0.2, 0.25) is 0 Å². The second-order valence-electron chi connectivity index (χ2n) is 7.02. The topological polar surface area (TPSA) is 58.6 Å². The number of rotatable bonds is 6. The first kappa shape index (κ1) is 19.0. The van der Waals surface area contributed by atoms with Crippen molar-refractivity contribution in [3.63, 3.8) is 0 Å². The molecule has 1 aliphatic rings. The Labute approximate surface area is 160 Å². The van der Waals surface area contributed by atoms with E-state index >= 15 is 0 Å². The van der Waals surface area contributed by atoms with Crippen molar-refractivity contribution in [1.29, 1.82) is 0 Å². The van der Waals surface area contributed by atoms with Gasteiger partial charge in [-0.3, -0.25) is 9.59 Å². The van der Waals surface area contributed by atoms with Crippen LogP contribution in [0, 0.1) is 13.8 Å². The molecule has 5 heteroatoms. The summed E-state index contributed by atoms with van der Waals surface area (Å²) in [6.45, 7) is 6.70. The minimum atomic E-state index is -0.564. The molecule has 5 nitrogen and oxygen atoms in total. The van der Waals surface area contributed by atoms with Gasteiger partial charge in [-0.25, -0.2) is 0 Å². The van der Waals surface area contributed by atoms with Gasteiger partial charge in [0.05, 0.1) is 0 Å². The van der Waals surface area contributed by atoms with Crippen molar-refractivity contribution in [3.8, 4) is 5.75 Å². The number of aryl methyl sites for hydroxylation is 2. The van der Waals surface area contributed by atoms with E-state index in [2.05, 4.69) is 11.4 Å². The molecule has 0 saturated carbocycles. The molecule has 1 aliphatic heterocycles. The molecular formula is C22H26N2O3. The zero-order valence-electron chi connectivity index (χ0n) is 16.1. The van der Waals surface area contributed by atoms with Crippen molar-refractivity contribution >= 4 is 23.2 Å². The number of anilines is 2. The van der Waals surface area contributed by atoms with Crippen LogP contribution in [0.15, 0.2) is 42.5 Å². The Bertz CT molecular complexity index is 810. The van der Waals surface area contributed by atoms with Crippen molar-refractivity contribution in [1.82, 2.24) is 0 Å². The molecule has 1 atom stereocenters. The van der Waals surface area contributed by atoms with Crippen molar-refractivity contribution in [3.05, 3.63) is 53.6 Å². The lowest BCUT2D eigenvalue weighted by molar-refractivity contribution is -0.122. The highest BCUT2D eigenvalue weighted by molar-refractivity contribution is 5.97. The fourth-order valence-corrected chi connectivity index (χ4v) is 3.36. The molecule has 0 aromatic heterocycles. The van der Waals surface area contributed by atoms with E-state index in [9.17, 15) is 9.59 Å². The molecule has 27 heavy (non-hydrogen) atoms. The molecule has 142 valence electrons. The van der Waals surface area contributed by atoms with Crippen molar-refractivity contribution < 1.29 is 14.3 Å². The van der Waals surface area contributed by atoms with Crippen LogP contribution in [0.3, 0.4) is 0 Å². The summed E-state index contributed by atoms with van der Waals surface area (Å²) in [7, 11) is 0. The summed E-state index contributed by atoms with van der Waals surface area (Å²) in [5, 5.41) is 2.90. The van der Waals surface area contributed by atoms with Gasteiger partial charge in [0, 0.05) is 24.3 Å². The molecule has 0 aliphatic carbocycles. The highest BCUT2D eigenvalue weighted by Gasteiger charge is 2.22. The number of ether oxygens (including phenoxy) is 1. The highest BCUT2D eigenvalue weighted by Crippen LogP contribution is 2.24. The average Bonchev–Trinajstić information content (AvgIpc) is 3.05.